The summed E-state index contributed by atoms with van der Waals surface area (Å²) in [7, 11) is 0. The van der Waals surface area contributed by atoms with Crippen molar-refractivity contribution in [2.45, 2.75) is 52.4 Å². The summed E-state index contributed by atoms with van der Waals surface area (Å²) < 4.78 is 6.88. The molecule has 0 bridgehead atoms. The van der Waals surface area contributed by atoms with Gasteiger partial charge < -0.3 is 9.84 Å². The fraction of sp³-hybridized carbons (Fsp3) is 0.471. The van der Waals surface area contributed by atoms with E-state index in [4.69, 9.17) is 4.74 Å². The van der Waals surface area contributed by atoms with Crippen LogP contribution in [0.3, 0.4) is 0 Å². The molecule has 0 aliphatic heterocycles. The third-order valence-electron chi connectivity index (χ3n) is 3.07. The molecule has 2 aromatic heterocycles. The zero-order valence-electron chi connectivity index (χ0n) is 14.7. The molecule has 24 heavy (non-hydrogen) atoms. The highest BCUT2D eigenvalue weighted by Crippen LogP contribution is 2.17. The first kappa shape index (κ1) is 17.9. The Bertz CT molecular complexity index is 694. The van der Waals surface area contributed by atoms with Crippen LogP contribution in [0.25, 0.3) is 0 Å². The predicted molar refractivity (Wildman–Crippen MR) is 90.7 cm³/mol. The van der Waals surface area contributed by atoms with Crippen LogP contribution in [0.1, 0.15) is 45.9 Å². The van der Waals surface area contributed by atoms with E-state index in [1.165, 1.54) is 0 Å². The Morgan fingerprint density at radius 2 is 1.96 bits per heavy atom. The van der Waals surface area contributed by atoms with Gasteiger partial charge in [0.25, 0.3) is 0 Å². The molecular formula is C17H24N4O3. The maximum Gasteiger partial charge on any atom is 0.412 e. The number of carbonyl (C=O) groups excluding carboxylic acids is 1. The van der Waals surface area contributed by atoms with E-state index in [1.54, 1.807) is 64.0 Å². The summed E-state index contributed by atoms with van der Waals surface area (Å²) in [5.41, 5.74) is 0.599. The SMILES string of the molecule is CC(C)(C)OC(=O)Nc1cnn(Cc2ccc(C(C)(C)O)nc2)c1. The van der Waals surface area contributed by atoms with Crippen LogP contribution in [0.4, 0.5) is 10.5 Å². The van der Waals surface area contributed by atoms with E-state index >= 15 is 0 Å². The van der Waals surface area contributed by atoms with Crippen LogP contribution in [0, 0.1) is 0 Å². The minimum atomic E-state index is -0.964. The molecule has 0 fully saturated rings. The number of nitrogens with one attached hydrogen (secondary N) is 1. The fourth-order valence-corrected chi connectivity index (χ4v) is 2.00. The average molecular weight is 332 g/mol. The predicted octanol–water partition coefficient (Wildman–Crippen LogP) is 2.90. The first-order valence-electron chi connectivity index (χ1n) is 7.73. The number of aromatic nitrogens is 3. The molecule has 0 aliphatic carbocycles. The number of amides is 1. The lowest BCUT2D eigenvalue weighted by Crippen LogP contribution is -2.27. The van der Waals surface area contributed by atoms with Crippen LogP contribution >= 0.6 is 0 Å². The largest absolute Gasteiger partial charge is 0.444 e. The van der Waals surface area contributed by atoms with Crippen molar-refractivity contribution in [1.29, 1.82) is 0 Å². The van der Waals surface area contributed by atoms with E-state index < -0.39 is 17.3 Å². The number of carbonyl (C=O) groups is 1. The minimum Gasteiger partial charge on any atom is -0.444 e. The van der Waals surface area contributed by atoms with E-state index in [0.717, 1.165) is 5.56 Å². The summed E-state index contributed by atoms with van der Waals surface area (Å²) in [4.78, 5) is 16.0. The minimum absolute atomic E-state index is 0.509. The Morgan fingerprint density at radius 3 is 2.50 bits per heavy atom. The first-order chi connectivity index (χ1) is 11.0. The van der Waals surface area contributed by atoms with E-state index in [0.29, 0.717) is 17.9 Å². The molecule has 7 nitrogen and oxygen atoms in total. The molecule has 2 rings (SSSR count). The summed E-state index contributed by atoms with van der Waals surface area (Å²) in [6.07, 6.45) is 4.46. The van der Waals surface area contributed by atoms with Gasteiger partial charge in [-0.15, -0.1) is 0 Å². The zero-order valence-corrected chi connectivity index (χ0v) is 14.7. The summed E-state index contributed by atoms with van der Waals surface area (Å²) >= 11 is 0. The molecule has 2 aromatic rings. The Balaban J connectivity index is 1.97. The number of aliphatic hydroxyl groups is 1. The molecule has 0 spiro atoms. The van der Waals surface area contributed by atoms with Gasteiger partial charge in [0.05, 0.1) is 24.1 Å². The molecule has 7 heteroatoms. The third-order valence-corrected chi connectivity index (χ3v) is 3.07. The van der Waals surface area contributed by atoms with E-state index in [9.17, 15) is 9.90 Å². The number of rotatable bonds is 4. The van der Waals surface area contributed by atoms with Crippen molar-refractivity contribution < 1.29 is 14.6 Å². The lowest BCUT2D eigenvalue weighted by molar-refractivity contribution is 0.0635. The van der Waals surface area contributed by atoms with Crippen LogP contribution in [0.2, 0.25) is 0 Å². The first-order valence-corrected chi connectivity index (χ1v) is 7.73. The van der Waals surface area contributed by atoms with Crippen LogP contribution in [-0.2, 0) is 16.9 Å². The second kappa shape index (κ2) is 6.60. The Labute approximate surface area is 141 Å². The van der Waals surface area contributed by atoms with Gasteiger partial charge in [0, 0.05) is 12.4 Å². The summed E-state index contributed by atoms with van der Waals surface area (Å²) in [5, 5.41) is 16.7. The number of nitrogens with zero attached hydrogens (tertiary/aromatic N) is 3. The van der Waals surface area contributed by atoms with Crippen molar-refractivity contribution in [1.82, 2.24) is 14.8 Å². The number of ether oxygens (including phenoxy) is 1. The van der Waals surface area contributed by atoms with Gasteiger partial charge in [-0.05, 0) is 46.2 Å². The van der Waals surface area contributed by atoms with Gasteiger partial charge in [0.2, 0.25) is 0 Å². The standard InChI is InChI=1S/C17H24N4O3/c1-16(2,3)24-15(22)20-13-9-19-21(11-13)10-12-6-7-14(18-8-12)17(4,5)23/h6-9,11,23H,10H2,1-5H3,(H,20,22). The Kier molecular flexibility index (Phi) is 4.94. The van der Waals surface area contributed by atoms with Gasteiger partial charge in [-0.25, -0.2) is 4.79 Å². The van der Waals surface area contributed by atoms with E-state index in [2.05, 4.69) is 15.4 Å². The van der Waals surface area contributed by atoms with Gasteiger partial charge in [0.1, 0.15) is 11.2 Å². The van der Waals surface area contributed by atoms with E-state index in [1.807, 2.05) is 6.07 Å². The molecular weight excluding hydrogens is 308 g/mol. The second-order valence-corrected chi connectivity index (χ2v) is 7.16. The molecule has 130 valence electrons. The normalized spacial score (nSPS) is 12.1. The van der Waals surface area contributed by atoms with Crippen LogP contribution < -0.4 is 5.32 Å². The highest BCUT2D eigenvalue weighted by Gasteiger charge is 2.18. The molecule has 1 amide bonds. The monoisotopic (exact) mass is 332 g/mol. The highest BCUT2D eigenvalue weighted by molar-refractivity contribution is 5.84. The number of anilines is 1. The van der Waals surface area contributed by atoms with Crippen molar-refractivity contribution in [2.75, 3.05) is 5.32 Å². The molecule has 0 saturated carbocycles. The smallest absolute Gasteiger partial charge is 0.412 e. The summed E-state index contributed by atoms with van der Waals surface area (Å²) in [6.45, 7) is 9.31. The van der Waals surface area contributed by atoms with Crippen LogP contribution in [0.5, 0.6) is 0 Å². The molecule has 0 aliphatic rings. The van der Waals surface area contributed by atoms with Gasteiger partial charge in [-0.3, -0.25) is 15.0 Å². The molecule has 0 atom stereocenters. The number of pyridine rings is 1. The quantitative estimate of drug-likeness (QED) is 0.898. The maximum absolute atomic E-state index is 11.7. The van der Waals surface area contributed by atoms with Crippen molar-refractivity contribution in [2.24, 2.45) is 0 Å². The Morgan fingerprint density at radius 1 is 1.25 bits per heavy atom. The second-order valence-electron chi connectivity index (χ2n) is 7.16. The zero-order chi connectivity index (χ0) is 18.0. The fourth-order valence-electron chi connectivity index (χ4n) is 2.00. The van der Waals surface area contributed by atoms with Crippen molar-refractivity contribution in [3.05, 3.63) is 42.0 Å². The summed E-state index contributed by atoms with van der Waals surface area (Å²) in [5.74, 6) is 0. The average Bonchev–Trinajstić information content (AvgIpc) is 2.83. The number of hydrogen-bond acceptors (Lipinski definition) is 5. The van der Waals surface area contributed by atoms with Crippen LogP contribution in [0.15, 0.2) is 30.7 Å². The Hall–Kier alpha value is -2.41. The lowest BCUT2D eigenvalue weighted by atomic mass is 10.0. The van der Waals surface area contributed by atoms with E-state index in [-0.39, 0.29) is 0 Å². The van der Waals surface area contributed by atoms with Crippen molar-refractivity contribution >= 4 is 11.8 Å². The van der Waals surface area contributed by atoms with Crippen LogP contribution in [-0.4, -0.2) is 31.6 Å². The molecule has 2 heterocycles. The topological polar surface area (TPSA) is 89.3 Å². The molecule has 0 radical (unpaired) electrons. The maximum atomic E-state index is 11.7. The summed E-state index contributed by atoms with van der Waals surface area (Å²) in [6, 6.07) is 3.68. The van der Waals surface area contributed by atoms with Crippen molar-refractivity contribution in [3.63, 3.8) is 0 Å². The van der Waals surface area contributed by atoms with Gasteiger partial charge >= 0.3 is 6.09 Å². The highest BCUT2D eigenvalue weighted by atomic mass is 16.6. The molecule has 0 unspecified atom stereocenters. The number of hydrogen-bond donors (Lipinski definition) is 2. The van der Waals surface area contributed by atoms with Gasteiger partial charge in [0.15, 0.2) is 0 Å². The molecule has 2 N–H and O–H groups in total. The van der Waals surface area contributed by atoms with Crippen molar-refractivity contribution in [3.8, 4) is 0 Å². The molecule has 0 aromatic carbocycles. The van der Waals surface area contributed by atoms with Gasteiger partial charge in [-0.1, -0.05) is 6.07 Å². The lowest BCUT2D eigenvalue weighted by Gasteiger charge is -2.19. The van der Waals surface area contributed by atoms with Gasteiger partial charge in [-0.2, -0.15) is 5.10 Å². The third kappa shape index (κ3) is 5.34. The molecule has 0 saturated heterocycles.